The van der Waals surface area contributed by atoms with E-state index in [4.69, 9.17) is 10.7 Å². The highest BCUT2D eigenvalue weighted by molar-refractivity contribution is 8.13. The highest BCUT2D eigenvalue weighted by Crippen LogP contribution is 2.29. The maximum Gasteiger partial charge on any atom is 0.263 e. The van der Waals surface area contributed by atoms with Gasteiger partial charge in [0.2, 0.25) is 0 Å². The zero-order valence-electron chi connectivity index (χ0n) is 8.33. The number of benzene rings is 1. The Hall–Kier alpha value is -1.66. The van der Waals surface area contributed by atoms with E-state index in [0.29, 0.717) is 0 Å². The molecule has 0 unspecified atom stereocenters. The van der Waals surface area contributed by atoms with Crippen LogP contribution in [0.1, 0.15) is 0 Å². The number of carbonyl (C=O) groups is 2. The van der Waals surface area contributed by atoms with Gasteiger partial charge >= 0.3 is 0 Å². The van der Waals surface area contributed by atoms with Crippen LogP contribution in [0.15, 0.2) is 41.3 Å². The lowest BCUT2D eigenvalue weighted by molar-refractivity contribution is -0.120. The summed E-state index contributed by atoms with van der Waals surface area (Å²) < 4.78 is 22.6. The molecule has 1 heterocycles. The van der Waals surface area contributed by atoms with E-state index in [1.807, 2.05) is 0 Å². The minimum Gasteiger partial charge on any atom is -0.269 e. The van der Waals surface area contributed by atoms with Crippen molar-refractivity contribution < 1.29 is 18.0 Å². The molecule has 5 nitrogen and oxygen atoms in total. The SMILES string of the molecule is O=C1C=CC(=O)N1c1ccccc1S(=O)(=O)Cl. The molecule has 88 valence electrons. The van der Waals surface area contributed by atoms with Crippen molar-refractivity contribution in [3.8, 4) is 0 Å². The van der Waals surface area contributed by atoms with Crippen LogP contribution in [0.25, 0.3) is 0 Å². The van der Waals surface area contributed by atoms with Crippen molar-refractivity contribution in [1.82, 2.24) is 0 Å². The molecule has 0 fully saturated rings. The van der Waals surface area contributed by atoms with E-state index in [-0.39, 0.29) is 10.6 Å². The van der Waals surface area contributed by atoms with Gasteiger partial charge in [-0.3, -0.25) is 9.59 Å². The third-order valence-electron chi connectivity index (χ3n) is 2.18. The van der Waals surface area contributed by atoms with E-state index in [9.17, 15) is 18.0 Å². The second-order valence-corrected chi connectivity index (χ2v) is 5.79. The number of para-hydroxylation sites is 1. The first-order chi connectivity index (χ1) is 7.91. The zero-order valence-corrected chi connectivity index (χ0v) is 9.90. The summed E-state index contributed by atoms with van der Waals surface area (Å²) in [6.45, 7) is 0. The Labute approximate surface area is 102 Å². The first kappa shape index (κ1) is 11.8. The molecular weight excluding hydrogens is 266 g/mol. The van der Waals surface area contributed by atoms with Gasteiger partial charge in [0.1, 0.15) is 4.90 Å². The highest BCUT2D eigenvalue weighted by Gasteiger charge is 2.29. The summed E-state index contributed by atoms with van der Waals surface area (Å²) in [4.78, 5) is 23.4. The van der Waals surface area contributed by atoms with Crippen molar-refractivity contribution in [2.45, 2.75) is 4.90 Å². The second kappa shape index (κ2) is 3.97. The molecule has 1 aliphatic heterocycles. The summed E-state index contributed by atoms with van der Waals surface area (Å²) >= 11 is 0. The van der Waals surface area contributed by atoms with Gasteiger partial charge < -0.3 is 0 Å². The minimum absolute atomic E-state index is 0.0394. The maximum atomic E-state index is 11.4. The Kier molecular flexibility index (Phi) is 2.76. The Bertz CT molecular complexity index is 617. The minimum atomic E-state index is -4.02. The number of nitrogens with zero attached hydrogens (tertiary/aromatic N) is 1. The molecule has 0 saturated carbocycles. The third kappa shape index (κ3) is 2.09. The smallest absolute Gasteiger partial charge is 0.263 e. The zero-order chi connectivity index (χ0) is 12.6. The van der Waals surface area contributed by atoms with Gasteiger partial charge in [0.15, 0.2) is 0 Å². The highest BCUT2D eigenvalue weighted by atomic mass is 35.7. The maximum absolute atomic E-state index is 11.4. The van der Waals surface area contributed by atoms with Gasteiger partial charge in [0.25, 0.3) is 20.9 Å². The fourth-order valence-corrected chi connectivity index (χ4v) is 2.53. The van der Waals surface area contributed by atoms with E-state index in [1.54, 1.807) is 0 Å². The van der Waals surface area contributed by atoms with Crippen LogP contribution < -0.4 is 4.90 Å². The first-order valence-electron chi connectivity index (χ1n) is 4.51. The molecule has 0 aromatic heterocycles. The van der Waals surface area contributed by atoms with Gasteiger partial charge in [-0.15, -0.1) is 0 Å². The van der Waals surface area contributed by atoms with Crippen molar-refractivity contribution in [1.29, 1.82) is 0 Å². The van der Waals surface area contributed by atoms with E-state index in [1.165, 1.54) is 24.3 Å². The van der Waals surface area contributed by atoms with E-state index in [2.05, 4.69) is 0 Å². The molecule has 0 N–H and O–H groups in total. The molecule has 0 atom stereocenters. The lowest BCUT2D eigenvalue weighted by Gasteiger charge is -2.16. The van der Waals surface area contributed by atoms with E-state index in [0.717, 1.165) is 17.1 Å². The average Bonchev–Trinajstić information content (AvgIpc) is 2.57. The standard InChI is InChI=1S/C10H6ClNO4S/c11-17(15,16)8-4-2-1-3-7(8)12-9(13)5-6-10(12)14/h1-6H. The van der Waals surface area contributed by atoms with Crippen LogP contribution in [-0.2, 0) is 18.6 Å². The number of hydrogen-bond donors (Lipinski definition) is 0. The van der Waals surface area contributed by atoms with Gasteiger partial charge in [-0.05, 0) is 12.1 Å². The first-order valence-corrected chi connectivity index (χ1v) is 6.82. The van der Waals surface area contributed by atoms with Gasteiger partial charge in [0, 0.05) is 22.8 Å². The molecule has 0 aliphatic carbocycles. The summed E-state index contributed by atoms with van der Waals surface area (Å²) in [5, 5.41) is 0. The molecule has 2 amide bonds. The van der Waals surface area contributed by atoms with Crippen LogP contribution in [0.5, 0.6) is 0 Å². The van der Waals surface area contributed by atoms with Crippen molar-refractivity contribution in [2.24, 2.45) is 0 Å². The second-order valence-electron chi connectivity index (χ2n) is 3.25. The molecular formula is C10H6ClNO4S. The summed E-state index contributed by atoms with van der Waals surface area (Å²) in [5.74, 6) is -1.19. The molecule has 1 aromatic carbocycles. The third-order valence-corrected chi connectivity index (χ3v) is 3.55. The molecule has 7 heteroatoms. The lowest BCUT2D eigenvalue weighted by atomic mass is 10.3. The van der Waals surface area contributed by atoms with Crippen molar-refractivity contribution in [2.75, 3.05) is 4.90 Å². The van der Waals surface area contributed by atoms with Crippen LogP contribution in [0.3, 0.4) is 0 Å². The summed E-state index contributed by atoms with van der Waals surface area (Å²) in [5.41, 5.74) is -0.0394. The number of amides is 2. The summed E-state index contributed by atoms with van der Waals surface area (Å²) in [6, 6.07) is 5.55. The number of hydrogen-bond acceptors (Lipinski definition) is 4. The molecule has 1 aliphatic rings. The molecule has 0 spiro atoms. The molecule has 17 heavy (non-hydrogen) atoms. The van der Waals surface area contributed by atoms with Crippen LogP contribution in [0.4, 0.5) is 5.69 Å². The predicted molar refractivity (Wildman–Crippen MR) is 61.1 cm³/mol. The monoisotopic (exact) mass is 271 g/mol. The van der Waals surface area contributed by atoms with Crippen molar-refractivity contribution >= 4 is 37.2 Å². The van der Waals surface area contributed by atoms with Gasteiger partial charge in [-0.1, -0.05) is 12.1 Å². The average molecular weight is 272 g/mol. The Morgan fingerprint density at radius 3 is 2.06 bits per heavy atom. The van der Waals surface area contributed by atoms with Crippen LogP contribution >= 0.6 is 10.7 Å². The van der Waals surface area contributed by atoms with Crippen LogP contribution in [0.2, 0.25) is 0 Å². The van der Waals surface area contributed by atoms with E-state index < -0.39 is 20.9 Å². The topological polar surface area (TPSA) is 71.5 Å². The number of imide groups is 1. The Morgan fingerprint density at radius 1 is 1.00 bits per heavy atom. The Morgan fingerprint density at radius 2 is 1.53 bits per heavy atom. The summed E-state index contributed by atoms with van der Waals surface area (Å²) in [6.07, 6.45) is 2.14. The normalized spacial score (nSPS) is 15.7. The van der Waals surface area contributed by atoms with Crippen LogP contribution in [-0.4, -0.2) is 20.2 Å². The van der Waals surface area contributed by atoms with Crippen molar-refractivity contribution in [3.63, 3.8) is 0 Å². The molecule has 0 radical (unpaired) electrons. The fourth-order valence-electron chi connectivity index (χ4n) is 1.49. The van der Waals surface area contributed by atoms with Gasteiger partial charge in [-0.2, -0.15) is 0 Å². The van der Waals surface area contributed by atoms with Gasteiger partial charge in [-0.25, -0.2) is 13.3 Å². The van der Waals surface area contributed by atoms with Crippen molar-refractivity contribution in [3.05, 3.63) is 36.4 Å². The number of anilines is 1. The molecule has 1 aromatic rings. The largest absolute Gasteiger partial charge is 0.269 e. The van der Waals surface area contributed by atoms with Crippen LogP contribution in [0, 0.1) is 0 Å². The number of carbonyl (C=O) groups excluding carboxylic acids is 2. The molecule has 0 saturated heterocycles. The number of rotatable bonds is 2. The fraction of sp³-hybridized carbons (Fsp3) is 0. The van der Waals surface area contributed by atoms with E-state index >= 15 is 0 Å². The Balaban J connectivity index is 2.62. The molecule has 0 bridgehead atoms. The molecule has 2 rings (SSSR count). The van der Waals surface area contributed by atoms with Gasteiger partial charge in [0.05, 0.1) is 5.69 Å². The predicted octanol–water partition coefficient (Wildman–Crippen LogP) is 1.04. The lowest BCUT2D eigenvalue weighted by Crippen LogP contribution is -2.30. The summed E-state index contributed by atoms with van der Waals surface area (Å²) in [7, 11) is 1.22. The number of halogens is 1. The quantitative estimate of drug-likeness (QED) is 0.595.